The summed E-state index contributed by atoms with van der Waals surface area (Å²) >= 11 is 0. The molecule has 0 unspecified atom stereocenters. The van der Waals surface area contributed by atoms with Crippen molar-refractivity contribution in [3.63, 3.8) is 0 Å². The van der Waals surface area contributed by atoms with Crippen molar-refractivity contribution in [1.29, 1.82) is 0 Å². The van der Waals surface area contributed by atoms with Gasteiger partial charge in [0.2, 0.25) is 0 Å². The maximum atomic E-state index is 13.1. The lowest BCUT2D eigenvalue weighted by Crippen LogP contribution is -2.35. The first-order valence-corrected chi connectivity index (χ1v) is 8.31. The molecule has 0 radical (unpaired) electrons. The molecule has 0 fully saturated rings. The Morgan fingerprint density at radius 2 is 1.96 bits per heavy atom. The second kappa shape index (κ2) is 6.16. The van der Waals surface area contributed by atoms with Crippen molar-refractivity contribution in [2.45, 2.75) is 13.3 Å². The van der Waals surface area contributed by atoms with Crippen molar-refractivity contribution < 1.29 is 9.18 Å². The number of rotatable bonds is 2. The molecule has 0 aliphatic carbocycles. The van der Waals surface area contributed by atoms with Crippen LogP contribution in [0, 0.1) is 12.7 Å². The Morgan fingerprint density at radius 1 is 1.16 bits per heavy atom. The highest BCUT2D eigenvalue weighted by atomic mass is 19.1. The predicted molar refractivity (Wildman–Crippen MR) is 94.8 cm³/mol. The molecule has 4 nitrogen and oxygen atoms in total. The van der Waals surface area contributed by atoms with Crippen LogP contribution in [0.1, 0.15) is 28.2 Å². The highest BCUT2D eigenvalue weighted by Crippen LogP contribution is 2.24. The van der Waals surface area contributed by atoms with Gasteiger partial charge in [-0.15, -0.1) is 0 Å². The van der Waals surface area contributed by atoms with Gasteiger partial charge in [-0.1, -0.05) is 24.3 Å². The summed E-state index contributed by atoms with van der Waals surface area (Å²) < 4.78 is 15.0. The van der Waals surface area contributed by atoms with Crippen LogP contribution in [0.2, 0.25) is 0 Å². The highest BCUT2D eigenvalue weighted by molar-refractivity contribution is 5.95. The summed E-state index contributed by atoms with van der Waals surface area (Å²) in [5, 5.41) is 0. The van der Waals surface area contributed by atoms with Gasteiger partial charge in [0.25, 0.3) is 5.91 Å². The Balaban J connectivity index is 1.56. The van der Waals surface area contributed by atoms with E-state index in [0.717, 1.165) is 28.9 Å². The minimum Gasteiger partial charge on any atom is -0.333 e. The van der Waals surface area contributed by atoms with Gasteiger partial charge >= 0.3 is 0 Å². The number of imidazole rings is 1. The van der Waals surface area contributed by atoms with Crippen LogP contribution in [0.4, 0.5) is 4.39 Å². The molecule has 0 atom stereocenters. The van der Waals surface area contributed by atoms with Crippen molar-refractivity contribution in [1.82, 2.24) is 14.3 Å². The molecule has 0 bridgehead atoms. The number of aromatic nitrogens is 2. The van der Waals surface area contributed by atoms with E-state index in [4.69, 9.17) is 0 Å². The first-order valence-electron chi connectivity index (χ1n) is 8.31. The zero-order valence-electron chi connectivity index (χ0n) is 13.9. The maximum absolute atomic E-state index is 13.1. The van der Waals surface area contributed by atoms with Gasteiger partial charge in [-0.3, -0.25) is 4.79 Å². The SMILES string of the molecule is Cc1c(C(=O)N2CC=C(c3ccc(F)cc3)CC2)nc2ccccn12. The monoisotopic (exact) mass is 335 g/mol. The van der Waals surface area contributed by atoms with Gasteiger partial charge in [-0.05, 0) is 48.7 Å². The maximum Gasteiger partial charge on any atom is 0.274 e. The number of benzene rings is 1. The van der Waals surface area contributed by atoms with E-state index in [0.29, 0.717) is 18.8 Å². The molecule has 0 saturated heterocycles. The van der Waals surface area contributed by atoms with E-state index in [9.17, 15) is 9.18 Å². The Kier molecular flexibility index (Phi) is 3.84. The predicted octanol–water partition coefficient (Wildman–Crippen LogP) is 3.71. The number of pyridine rings is 1. The van der Waals surface area contributed by atoms with Crippen molar-refractivity contribution in [2.24, 2.45) is 0 Å². The molecule has 1 aromatic carbocycles. The third-order valence-corrected chi connectivity index (χ3v) is 4.68. The molecule has 0 saturated carbocycles. The molecule has 1 aliphatic rings. The lowest BCUT2D eigenvalue weighted by Gasteiger charge is -2.26. The van der Waals surface area contributed by atoms with E-state index in [1.807, 2.05) is 46.7 Å². The molecule has 25 heavy (non-hydrogen) atoms. The fraction of sp³-hybridized carbons (Fsp3) is 0.200. The van der Waals surface area contributed by atoms with Crippen LogP contribution in [-0.2, 0) is 0 Å². The molecule has 3 heterocycles. The molecule has 0 spiro atoms. The van der Waals surface area contributed by atoms with E-state index in [1.165, 1.54) is 12.1 Å². The van der Waals surface area contributed by atoms with Crippen LogP contribution in [-0.4, -0.2) is 33.3 Å². The Hall–Kier alpha value is -2.95. The summed E-state index contributed by atoms with van der Waals surface area (Å²) in [7, 11) is 0. The van der Waals surface area contributed by atoms with Crippen LogP contribution in [0.3, 0.4) is 0 Å². The molecule has 0 N–H and O–H groups in total. The number of halogens is 1. The van der Waals surface area contributed by atoms with Crippen molar-refractivity contribution in [3.05, 3.63) is 77.5 Å². The first-order chi connectivity index (χ1) is 12.1. The third-order valence-electron chi connectivity index (χ3n) is 4.68. The van der Waals surface area contributed by atoms with Crippen molar-refractivity contribution >= 4 is 17.1 Å². The lowest BCUT2D eigenvalue weighted by molar-refractivity contribution is 0.0767. The second-order valence-electron chi connectivity index (χ2n) is 6.21. The molecule has 1 aliphatic heterocycles. The summed E-state index contributed by atoms with van der Waals surface area (Å²) in [6.07, 6.45) is 4.71. The van der Waals surface area contributed by atoms with Gasteiger partial charge < -0.3 is 9.30 Å². The number of carbonyl (C=O) groups excluding carboxylic acids is 1. The fourth-order valence-corrected chi connectivity index (χ4v) is 3.25. The summed E-state index contributed by atoms with van der Waals surface area (Å²) in [5.74, 6) is -0.283. The van der Waals surface area contributed by atoms with Gasteiger partial charge in [0.1, 0.15) is 17.2 Å². The minimum atomic E-state index is -0.237. The van der Waals surface area contributed by atoms with E-state index in [2.05, 4.69) is 4.98 Å². The average Bonchev–Trinajstić information content (AvgIpc) is 2.99. The molecule has 1 amide bonds. The zero-order valence-corrected chi connectivity index (χ0v) is 13.9. The summed E-state index contributed by atoms with van der Waals surface area (Å²) in [6.45, 7) is 3.09. The van der Waals surface area contributed by atoms with Gasteiger partial charge in [0.15, 0.2) is 0 Å². The van der Waals surface area contributed by atoms with E-state index >= 15 is 0 Å². The second-order valence-corrected chi connectivity index (χ2v) is 6.21. The van der Waals surface area contributed by atoms with Crippen LogP contribution in [0.25, 0.3) is 11.2 Å². The number of fused-ring (bicyclic) bond motifs is 1. The van der Waals surface area contributed by atoms with Crippen LogP contribution < -0.4 is 0 Å². The van der Waals surface area contributed by atoms with Crippen LogP contribution in [0.5, 0.6) is 0 Å². The Labute approximate surface area is 145 Å². The molecule has 126 valence electrons. The van der Waals surface area contributed by atoms with E-state index in [-0.39, 0.29) is 11.7 Å². The molecule has 3 aromatic rings. The number of carbonyl (C=O) groups is 1. The van der Waals surface area contributed by atoms with Crippen LogP contribution >= 0.6 is 0 Å². The smallest absolute Gasteiger partial charge is 0.274 e. The van der Waals surface area contributed by atoms with Crippen molar-refractivity contribution in [3.8, 4) is 0 Å². The molecular weight excluding hydrogens is 317 g/mol. The van der Waals surface area contributed by atoms with Gasteiger partial charge in [-0.25, -0.2) is 9.37 Å². The Bertz CT molecular complexity index is 972. The Morgan fingerprint density at radius 3 is 2.64 bits per heavy atom. The van der Waals surface area contributed by atoms with Gasteiger partial charge in [0.05, 0.1) is 5.69 Å². The minimum absolute atomic E-state index is 0.0457. The highest BCUT2D eigenvalue weighted by Gasteiger charge is 2.23. The summed E-state index contributed by atoms with van der Waals surface area (Å²) in [6, 6.07) is 12.2. The van der Waals surface area contributed by atoms with E-state index in [1.54, 1.807) is 12.1 Å². The largest absolute Gasteiger partial charge is 0.333 e. The summed E-state index contributed by atoms with van der Waals surface area (Å²) in [5.41, 5.74) is 4.30. The fourth-order valence-electron chi connectivity index (χ4n) is 3.25. The standard InChI is InChI=1S/C20H18FN3O/c1-14-19(22-18-4-2-3-11-24(14)18)20(25)23-12-9-16(10-13-23)15-5-7-17(21)8-6-15/h2-9,11H,10,12-13H2,1H3. The third kappa shape index (κ3) is 2.82. The van der Waals surface area contributed by atoms with Crippen LogP contribution in [0.15, 0.2) is 54.7 Å². The van der Waals surface area contributed by atoms with Gasteiger partial charge in [0, 0.05) is 19.3 Å². The summed E-state index contributed by atoms with van der Waals surface area (Å²) in [4.78, 5) is 19.1. The normalized spacial score (nSPS) is 14.6. The number of aryl methyl sites for hydroxylation is 1. The quantitative estimate of drug-likeness (QED) is 0.716. The molecule has 4 rings (SSSR count). The average molecular weight is 335 g/mol. The zero-order chi connectivity index (χ0) is 17.4. The lowest BCUT2D eigenvalue weighted by atomic mass is 9.99. The number of amides is 1. The molecule has 2 aromatic heterocycles. The molecular formula is C20H18FN3O. The first kappa shape index (κ1) is 15.6. The number of hydrogen-bond acceptors (Lipinski definition) is 2. The topological polar surface area (TPSA) is 37.6 Å². The molecule has 5 heteroatoms. The van der Waals surface area contributed by atoms with E-state index < -0.39 is 0 Å². The number of hydrogen-bond donors (Lipinski definition) is 0. The van der Waals surface area contributed by atoms with Gasteiger partial charge in [-0.2, -0.15) is 0 Å². The number of nitrogens with zero attached hydrogens (tertiary/aromatic N) is 3. The van der Waals surface area contributed by atoms with Crippen molar-refractivity contribution in [2.75, 3.05) is 13.1 Å².